The minimum atomic E-state index is -0.415. The predicted octanol–water partition coefficient (Wildman–Crippen LogP) is 3.40. The molecule has 1 aromatic carbocycles. The maximum absolute atomic E-state index is 10.9. The van der Waals surface area contributed by atoms with Crippen LogP contribution in [0.2, 0.25) is 0 Å². The van der Waals surface area contributed by atoms with Gasteiger partial charge in [-0.2, -0.15) is 0 Å². The summed E-state index contributed by atoms with van der Waals surface area (Å²) in [4.78, 5) is 16.9. The number of pyridine rings is 1. The number of benzene rings is 1. The summed E-state index contributed by atoms with van der Waals surface area (Å²) in [6, 6.07) is 13.6. The van der Waals surface area contributed by atoms with Gasteiger partial charge in [0, 0.05) is 12.1 Å². The van der Waals surface area contributed by atoms with E-state index in [4.69, 9.17) is 0 Å². The van der Waals surface area contributed by atoms with Crippen molar-refractivity contribution in [2.24, 2.45) is 0 Å². The summed E-state index contributed by atoms with van der Waals surface area (Å²) in [5.41, 5.74) is 1.65. The Morgan fingerprint density at radius 1 is 1.17 bits per heavy atom. The molecule has 0 aliphatic heterocycles. The Kier molecular flexibility index (Phi) is 5.28. The number of aromatic nitrogens is 1. The average Bonchev–Trinajstić information content (AvgIpc) is 2.47. The van der Waals surface area contributed by atoms with Crippen molar-refractivity contribution >= 4 is 11.5 Å². The molecule has 6 heteroatoms. The first-order valence-electron chi connectivity index (χ1n) is 7.50. The summed E-state index contributed by atoms with van der Waals surface area (Å²) in [5, 5.41) is 14.2. The lowest BCUT2D eigenvalue weighted by atomic mass is 9.99. The van der Waals surface area contributed by atoms with Crippen LogP contribution in [-0.2, 0) is 0 Å². The molecule has 0 saturated heterocycles. The standard InChI is InChI=1S/C17H22N4O2/c1-12-15(21(22)23)10-11-16(18-12)19-13(2)17(20(3)4)14-8-6-5-7-9-14/h5-11,13,17H,1-4H3,(H,18,19)/t13-,17-/m0/s1. The van der Waals surface area contributed by atoms with Crippen LogP contribution < -0.4 is 5.32 Å². The number of aryl methyl sites for hydroxylation is 1. The molecule has 122 valence electrons. The van der Waals surface area contributed by atoms with Gasteiger partial charge in [-0.15, -0.1) is 0 Å². The minimum Gasteiger partial charge on any atom is -0.366 e. The van der Waals surface area contributed by atoms with Crippen LogP contribution in [0.4, 0.5) is 11.5 Å². The molecule has 0 aliphatic carbocycles. The second-order valence-electron chi connectivity index (χ2n) is 5.81. The summed E-state index contributed by atoms with van der Waals surface area (Å²) >= 11 is 0. The van der Waals surface area contributed by atoms with Crippen LogP contribution in [-0.4, -0.2) is 34.9 Å². The molecule has 0 fully saturated rings. The van der Waals surface area contributed by atoms with E-state index >= 15 is 0 Å². The van der Waals surface area contributed by atoms with Crippen LogP contribution in [0.1, 0.15) is 24.2 Å². The summed E-state index contributed by atoms with van der Waals surface area (Å²) in [5.74, 6) is 0.642. The van der Waals surface area contributed by atoms with E-state index in [9.17, 15) is 10.1 Å². The fourth-order valence-corrected chi connectivity index (χ4v) is 2.82. The highest BCUT2D eigenvalue weighted by molar-refractivity contribution is 5.45. The van der Waals surface area contributed by atoms with Gasteiger partial charge in [-0.3, -0.25) is 10.1 Å². The summed E-state index contributed by atoms with van der Waals surface area (Å²) < 4.78 is 0. The maximum atomic E-state index is 10.9. The van der Waals surface area contributed by atoms with Gasteiger partial charge in [0.1, 0.15) is 11.5 Å². The fourth-order valence-electron chi connectivity index (χ4n) is 2.82. The molecule has 0 amide bonds. The van der Waals surface area contributed by atoms with Gasteiger partial charge >= 0.3 is 0 Å². The Labute approximate surface area is 136 Å². The Hall–Kier alpha value is -2.47. The molecule has 0 bridgehead atoms. The molecule has 0 saturated carbocycles. The van der Waals surface area contributed by atoms with Gasteiger partial charge in [0.2, 0.25) is 0 Å². The molecule has 2 atom stereocenters. The third-order valence-corrected chi connectivity index (χ3v) is 3.80. The van der Waals surface area contributed by atoms with E-state index < -0.39 is 4.92 Å². The van der Waals surface area contributed by atoms with Crippen LogP contribution in [0.15, 0.2) is 42.5 Å². The Bertz CT molecular complexity index is 674. The highest BCUT2D eigenvalue weighted by Crippen LogP contribution is 2.25. The summed E-state index contributed by atoms with van der Waals surface area (Å²) in [7, 11) is 4.06. The smallest absolute Gasteiger partial charge is 0.290 e. The van der Waals surface area contributed by atoms with E-state index in [1.54, 1.807) is 13.0 Å². The van der Waals surface area contributed by atoms with E-state index in [0.717, 1.165) is 0 Å². The van der Waals surface area contributed by atoms with Crippen molar-refractivity contribution in [2.75, 3.05) is 19.4 Å². The topological polar surface area (TPSA) is 71.3 Å². The highest BCUT2D eigenvalue weighted by atomic mass is 16.6. The SMILES string of the molecule is Cc1nc(N[C@@H](C)[C@@H](c2ccccc2)N(C)C)ccc1[N+](=O)[O-]. The number of likely N-dealkylation sites (N-methyl/N-ethyl adjacent to an activating group) is 1. The number of anilines is 1. The van der Waals surface area contributed by atoms with Gasteiger partial charge in [-0.1, -0.05) is 30.3 Å². The summed E-state index contributed by atoms with van der Waals surface area (Å²) in [6.07, 6.45) is 0. The third-order valence-electron chi connectivity index (χ3n) is 3.80. The largest absolute Gasteiger partial charge is 0.366 e. The van der Waals surface area contributed by atoms with Crippen molar-refractivity contribution in [3.8, 4) is 0 Å². The monoisotopic (exact) mass is 314 g/mol. The van der Waals surface area contributed by atoms with Crippen LogP contribution in [0.5, 0.6) is 0 Å². The van der Waals surface area contributed by atoms with Gasteiger partial charge in [0.25, 0.3) is 5.69 Å². The lowest BCUT2D eigenvalue weighted by Gasteiger charge is -2.31. The number of nitrogens with zero attached hydrogens (tertiary/aromatic N) is 3. The average molecular weight is 314 g/mol. The Balaban J connectivity index is 2.21. The quantitative estimate of drug-likeness (QED) is 0.653. The molecule has 1 N–H and O–H groups in total. The molecular weight excluding hydrogens is 292 g/mol. The van der Waals surface area contributed by atoms with Crippen molar-refractivity contribution in [1.82, 2.24) is 9.88 Å². The maximum Gasteiger partial charge on any atom is 0.290 e. The number of rotatable bonds is 6. The Morgan fingerprint density at radius 3 is 2.35 bits per heavy atom. The zero-order chi connectivity index (χ0) is 17.0. The minimum absolute atomic E-state index is 0.0374. The molecule has 0 spiro atoms. The second-order valence-corrected chi connectivity index (χ2v) is 5.81. The van der Waals surface area contributed by atoms with Gasteiger partial charge in [-0.05, 0) is 39.6 Å². The summed E-state index contributed by atoms with van der Waals surface area (Å²) in [6.45, 7) is 3.73. The first-order chi connectivity index (χ1) is 10.9. The van der Waals surface area contributed by atoms with E-state index in [0.29, 0.717) is 11.5 Å². The number of hydrogen-bond acceptors (Lipinski definition) is 5. The van der Waals surface area contributed by atoms with Crippen molar-refractivity contribution in [3.63, 3.8) is 0 Å². The molecule has 6 nitrogen and oxygen atoms in total. The highest BCUT2D eigenvalue weighted by Gasteiger charge is 2.22. The van der Waals surface area contributed by atoms with Gasteiger partial charge in [0.05, 0.1) is 11.0 Å². The molecule has 1 heterocycles. The molecular formula is C17H22N4O2. The van der Waals surface area contributed by atoms with Crippen molar-refractivity contribution in [1.29, 1.82) is 0 Å². The van der Waals surface area contributed by atoms with Crippen molar-refractivity contribution in [3.05, 3.63) is 63.8 Å². The predicted molar refractivity (Wildman–Crippen MR) is 91.6 cm³/mol. The van der Waals surface area contributed by atoms with E-state index in [1.165, 1.54) is 11.6 Å². The van der Waals surface area contributed by atoms with Crippen LogP contribution in [0, 0.1) is 17.0 Å². The lowest BCUT2D eigenvalue weighted by molar-refractivity contribution is -0.385. The van der Waals surface area contributed by atoms with Crippen LogP contribution >= 0.6 is 0 Å². The normalized spacial score (nSPS) is 13.6. The lowest BCUT2D eigenvalue weighted by Crippen LogP contribution is -2.34. The van der Waals surface area contributed by atoms with Crippen molar-refractivity contribution < 1.29 is 4.92 Å². The molecule has 2 rings (SSSR count). The molecule has 23 heavy (non-hydrogen) atoms. The molecule has 0 radical (unpaired) electrons. The van der Waals surface area contributed by atoms with Gasteiger partial charge < -0.3 is 10.2 Å². The molecule has 1 aromatic heterocycles. The van der Waals surface area contributed by atoms with Gasteiger partial charge in [0.15, 0.2) is 0 Å². The van der Waals surface area contributed by atoms with Gasteiger partial charge in [-0.25, -0.2) is 4.98 Å². The fraction of sp³-hybridized carbons (Fsp3) is 0.353. The van der Waals surface area contributed by atoms with Crippen molar-refractivity contribution in [2.45, 2.75) is 25.9 Å². The third kappa shape index (κ3) is 4.04. The first-order valence-corrected chi connectivity index (χ1v) is 7.50. The second kappa shape index (κ2) is 7.19. The van der Waals surface area contributed by atoms with E-state index in [1.807, 2.05) is 32.3 Å². The Morgan fingerprint density at radius 2 is 1.83 bits per heavy atom. The zero-order valence-corrected chi connectivity index (χ0v) is 13.9. The first kappa shape index (κ1) is 16.9. The van der Waals surface area contributed by atoms with E-state index in [2.05, 4.69) is 34.3 Å². The number of nitrogens with one attached hydrogen (secondary N) is 1. The molecule has 0 unspecified atom stereocenters. The zero-order valence-electron chi connectivity index (χ0n) is 13.9. The molecule has 0 aliphatic rings. The van der Waals surface area contributed by atoms with Crippen LogP contribution in [0.25, 0.3) is 0 Å². The number of nitro groups is 1. The van der Waals surface area contributed by atoms with E-state index in [-0.39, 0.29) is 17.8 Å². The van der Waals surface area contributed by atoms with Crippen LogP contribution in [0.3, 0.4) is 0 Å². The number of hydrogen-bond donors (Lipinski definition) is 1. The molecule has 2 aromatic rings.